The summed E-state index contributed by atoms with van der Waals surface area (Å²) in [5, 5.41) is 0.391. The molecule has 0 N–H and O–H groups in total. The zero-order valence-corrected chi connectivity index (χ0v) is 17.0. The van der Waals surface area contributed by atoms with Crippen molar-refractivity contribution in [1.29, 1.82) is 0 Å². The highest BCUT2D eigenvalue weighted by molar-refractivity contribution is 6.92. The van der Waals surface area contributed by atoms with Crippen LogP contribution in [-0.2, 0) is 19.7 Å². The van der Waals surface area contributed by atoms with E-state index in [9.17, 15) is 0 Å². The second-order valence-electron chi connectivity index (χ2n) is 5.88. The SMILES string of the molecule is CC[Si](CC)(CC)C(Cc1ccccc1)[Si](OC)(OC)OC. The molecule has 0 fully saturated rings. The zero-order valence-electron chi connectivity index (χ0n) is 15.0. The maximum absolute atomic E-state index is 5.91. The standard InChI is InChI=1S/C17H32O3Si2/c1-7-21(8-2,9-3)17(22(18-4,19-5)20-6)15-16-13-11-10-12-14-16/h10-14,17H,7-9,15H2,1-6H3. The smallest absolute Gasteiger partial charge is 0.377 e. The zero-order chi connectivity index (χ0) is 16.6. The van der Waals surface area contributed by atoms with Crippen LogP contribution in [0.2, 0.25) is 23.3 Å². The summed E-state index contributed by atoms with van der Waals surface area (Å²) in [5.74, 6) is 0. The van der Waals surface area contributed by atoms with Crippen LogP contribution >= 0.6 is 0 Å². The second-order valence-corrected chi connectivity index (χ2v) is 15.1. The maximum Gasteiger partial charge on any atom is 0.500 e. The Morgan fingerprint density at radius 2 is 1.27 bits per heavy atom. The Bertz CT molecular complexity index is 381. The van der Waals surface area contributed by atoms with E-state index < -0.39 is 16.9 Å². The van der Waals surface area contributed by atoms with Crippen molar-refractivity contribution in [3.8, 4) is 0 Å². The highest BCUT2D eigenvalue weighted by Crippen LogP contribution is 2.42. The highest BCUT2D eigenvalue weighted by Gasteiger charge is 2.56. The molecule has 0 aliphatic carbocycles. The number of hydrogen-bond acceptors (Lipinski definition) is 3. The summed E-state index contributed by atoms with van der Waals surface area (Å²) in [6.45, 7) is 6.99. The third kappa shape index (κ3) is 3.89. The van der Waals surface area contributed by atoms with Gasteiger partial charge in [-0.15, -0.1) is 0 Å². The van der Waals surface area contributed by atoms with Gasteiger partial charge in [-0.05, 0) is 12.0 Å². The Morgan fingerprint density at radius 1 is 0.818 bits per heavy atom. The first kappa shape index (κ1) is 19.6. The van der Waals surface area contributed by atoms with Gasteiger partial charge in [-0.2, -0.15) is 0 Å². The summed E-state index contributed by atoms with van der Waals surface area (Å²) in [7, 11) is 1.03. The molecular weight excluding hydrogens is 308 g/mol. The van der Waals surface area contributed by atoms with Crippen LogP contribution in [0.3, 0.4) is 0 Å². The van der Waals surface area contributed by atoms with Crippen LogP contribution < -0.4 is 0 Å². The molecule has 126 valence electrons. The molecule has 0 aliphatic rings. The summed E-state index contributed by atoms with van der Waals surface area (Å²) >= 11 is 0. The van der Waals surface area contributed by atoms with Gasteiger partial charge in [0, 0.05) is 26.5 Å². The second kappa shape index (κ2) is 8.98. The molecule has 1 rings (SSSR count). The van der Waals surface area contributed by atoms with E-state index in [1.807, 2.05) is 0 Å². The molecule has 22 heavy (non-hydrogen) atoms. The summed E-state index contributed by atoms with van der Waals surface area (Å²) < 4.78 is 17.7. The molecule has 0 amide bonds. The summed E-state index contributed by atoms with van der Waals surface area (Å²) in [6, 6.07) is 14.4. The Labute approximate surface area is 138 Å². The van der Waals surface area contributed by atoms with Gasteiger partial charge < -0.3 is 13.3 Å². The van der Waals surface area contributed by atoms with Crippen molar-refractivity contribution in [3.63, 3.8) is 0 Å². The first-order valence-corrected chi connectivity index (χ1v) is 12.8. The van der Waals surface area contributed by atoms with Crippen LogP contribution in [0.4, 0.5) is 0 Å². The molecule has 0 spiro atoms. The van der Waals surface area contributed by atoms with Gasteiger partial charge in [0.25, 0.3) is 0 Å². The van der Waals surface area contributed by atoms with E-state index in [0.29, 0.717) is 5.16 Å². The van der Waals surface area contributed by atoms with Crippen molar-refractivity contribution in [1.82, 2.24) is 0 Å². The van der Waals surface area contributed by atoms with Crippen LogP contribution in [0.15, 0.2) is 30.3 Å². The average Bonchev–Trinajstić information content (AvgIpc) is 2.59. The van der Waals surface area contributed by atoms with Crippen molar-refractivity contribution < 1.29 is 13.3 Å². The number of hydrogen-bond donors (Lipinski definition) is 0. The number of benzene rings is 1. The van der Waals surface area contributed by atoms with E-state index in [1.54, 1.807) is 21.3 Å². The predicted octanol–water partition coefficient (Wildman–Crippen LogP) is 4.53. The lowest BCUT2D eigenvalue weighted by Gasteiger charge is -2.44. The molecule has 0 heterocycles. The largest absolute Gasteiger partial charge is 0.500 e. The Balaban J connectivity index is 3.30. The Kier molecular flexibility index (Phi) is 7.99. The molecule has 1 unspecified atom stereocenters. The Morgan fingerprint density at radius 3 is 1.64 bits per heavy atom. The van der Waals surface area contributed by atoms with E-state index in [0.717, 1.165) is 6.42 Å². The monoisotopic (exact) mass is 340 g/mol. The van der Waals surface area contributed by atoms with Crippen molar-refractivity contribution in [2.75, 3.05) is 21.3 Å². The molecule has 1 aromatic rings. The lowest BCUT2D eigenvalue weighted by Crippen LogP contribution is -2.58. The van der Waals surface area contributed by atoms with Crippen LogP contribution in [0.1, 0.15) is 26.3 Å². The van der Waals surface area contributed by atoms with Crippen LogP contribution in [-0.4, -0.2) is 38.2 Å². The quantitative estimate of drug-likeness (QED) is 0.586. The van der Waals surface area contributed by atoms with E-state index in [2.05, 4.69) is 51.1 Å². The highest BCUT2D eigenvalue weighted by atomic mass is 28.4. The van der Waals surface area contributed by atoms with Crippen molar-refractivity contribution in [3.05, 3.63) is 35.9 Å². The van der Waals surface area contributed by atoms with Gasteiger partial charge in [0.05, 0.1) is 8.07 Å². The molecule has 0 aliphatic heterocycles. The molecule has 1 atom stereocenters. The fraction of sp³-hybridized carbons (Fsp3) is 0.647. The van der Waals surface area contributed by atoms with E-state index in [-0.39, 0.29) is 0 Å². The number of rotatable bonds is 10. The van der Waals surface area contributed by atoms with Crippen molar-refractivity contribution in [2.45, 2.75) is 50.5 Å². The molecule has 1 aromatic carbocycles. The van der Waals surface area contributed by atoms with E-state index in [4.69, 9.17) is 13.3 Å². The Hall–Kier alpha value is -0.466. The molecule has 0 radical (unpaired) electrons. The van der Waals surface area contributed by atoms with Gasteiger partial charge in [-0.25, -0.2) is 0 Å². The van der Waals surface area contributed by atoms with Crippen molar-refractivity contribution >= 4 is 16.9 Å². The van der Waals surface area contributed by atoms with Gasteiger partial charge in [-0.3, -0.25) is 0 Å². The van der Waals surface area contributed by atoms with Gasteiger partial charge in [-0.1, -0.05) is 69.2 Å². The maximum atomic E-state index is 5.91. The first-order valence-electron chi connectivity index (χ1n) is 8.27. The van der Waals surface area contributed by atoms with Crippen LogP contribution in [0.25, 0.3) is 0 Å². The minimum absolute atomic E-state index is 0.391. The summed E-state index contributed by atoms with van der Waals surface area (Å²) in [6.07, 6.45) is 0.990. The predicted molar refractivity (Wildman–Crippen MR) is 97.9 cm³/mol. The molecule has 0 aromatic heterocycles. The van der Waals surface area contributed by atoms with Gasteiger partial charge >= 0.3 is 8.80 Å². The minimum Gasteiger partial charge on any atom is -0.377 e. The topological polar surface area (TPSA) is 27.7 Å². The van der Waals surface area contributed by atoms with E-state index in [1.165, 1.54) is 23.7 Å². The average molecular weight is 341 g/mol. The van der Waals surface area contributed by atoms with Gasteiger partial charge in [0.1, 0.15) is 0 Å². The van der Waals surface area contributed by atoms with E-state index >= 15 is 0 Å². The van der Waals surface area contributed by atoms with Gasteiger partial charge in [0.15, 0.2) is 0 Å². The summed E-state index contributed by atoms with van der Waals surface area (Å²) in [4.78, 5) is 0. The molecule has 5 heteroatoms. The third-order valence-corrected chi connectivity index (χ3v) is 17.0. The lowest BCUT2D eigenvalue weighted by molar-refractivity contribution is 0.118. The first-order chi connectivity index (χ1) is 10.6. The third-order valence-electron chi connectivity index (χ3n) is 5.41. The lowest BCUT2D eigenvalue weighted by atomic mass is 10.2. The normalized spacial score (nSPS) is 14.1. The molecule has 0 saturated carbocycles. The summed E-state index contributed by atoms with van der Waals surface area (Å²) in [5.41, 5.74) is 1.35. The molecule has 0 saturated heterocycles. The molecular formula is C17H32O3Si2. The van der Waals surface area contributed by atoms with Crippen LogP contribution in [0, 0.1) is 0 Å². The van der Waals surface area contributed by atoms with Gasteiger partial charge in [0.2, 0.25) is 0 Å². The molecule has 3 nitrogen and oxygen atoms in total. The van der Waals surface area contributed by atoms with Crippen LogP contribution in [0.5, 0.6) is 0 Å². The fourth-order valence-corrected chi connectivity index (χ4v) is 15.1. The van der Waals surface area contributed by atoms with Crippen molar-refractivity contribution in [2.24, 2.45) is 0 Å². The minimum atomic E-state index is -2.67. The molecule has 0 bridgehead atoms. The fourth-order valence-electron chi connectivity index (χ4n) is 3.73.